The van der Waals surface area contributed by atoms with E-state index in [2.05, 4.69) is 27.8 Å². The molecule has 1 aromatic heterocycles. The van der Waals surface area contributed by atoms with Crippen molar-refractivity contribution in [2.24, 2.45) is 0 Å². The number of para-hydroxylation sites is 1. The van der Waals surface area contributed by atoms with E-state index in [-0.39, 0.29) is 5.91 Å². The summed E-state index contributed by atoms with van der Waals surface area (Å²) < 4.78 is 1.04. The molecule has 0 fully saturated rings. The number of nitrogens with zero attached hydrogens (tertiary/aromatic N) is 1. The molecule has 23 heavy (non-hydrogen) atoms. The van der Waals surface area contributed by atoms with E-state index in [9.17, 15) is 4.79 Å². The van der Waals surface area contributed by atoms with Crippen LogP contribution in [0.4, 0.5) is 0 Å². The monoisotopic (exact) mass is 325 g/mol. The molecular formula is C18H19N3OS. The molecule has 0 atom stereocenters. The number of nitrogens with one attached hydrogen (secondary N) is 2. The Morgan fingerprint density at radius 1 is 1.00 bits per heavy atom. The Labute approximate surface area is 139 Å². The maximum atomic E-state index is 12.1. The van der Waals surface area contributed by atoms with Gasteiger partial charge in [-0.3, -0.25) is 4.79 Å². The van der Waals surface area contributed by atoms with E-state index in [4.69, 9.17) is 0 Å². The fourth-order valence-electron chi connectivity index (χ4n) is 2.29. The number of aromatic nitrogens is 1. The number of carbonyl (C=O) groups is 1. The minimum absolute atomic E-state index is 0.0886. The molecule has 2 aromatic carbocycles. The van der Waals surface area contributed by atoms with Gasteiger partial charge >= 0.3 is 0 Å². The van der Waals surface area contributed by atoms with E-state index >= 15 is 0 Å². The van der Waals surface area contributed by atoms with Crippen LogP contribution in [-0.4, -0.2) is 24.0 Å². The van der Waals surface area contributed by atoms with Gasteiger partial charge in [0.05, 0.1) is 10.2 Å². The van der Waals surface area contributed by atoms with Crippen molar-refractivity contribution in [1.29, 1.82) is 0 Å². The van der Waals surface area contributed by atoms with Crippen molar-refractivity contribution in [3.63, 3.8) is 0 Å². The standard InChI is InChI=1S/C18H19N3OS/c22-17(18-21-15-9-4-5-10-16(15)23-18)20-12-6-11-19-13-14-7-2-1-3-8-14/h1-5,7-10,19H,6,11-13H2,(H,20,22). The van der Waals surface area contributed by atoms with Crippen LogP contribution in [0.25, 0.3) is 10.2 Å². The third-order valence-corrected chi connectivity index (χ3v) is 4.51. The van der Waals surface area contributed by atoms with Gasteiger partial charge in [0.25, 0.3) is 5.91 Å². The lowest BCUT2D eigenvalue weighted by molar-refractivity contribution is 0.0953. The lowest BCUT2D eigenvalue weighted by Crippen LogP contribution is -2.27. The van der Waals surface area contributed by atoms with Gasteiger partial charge in [0, 0.05) is 13.1 Å². The first kappa shape index (κ1) is 15.6. The zero-order chi connectivity index (χ0) is 15.9. The van der Waals surface area contributed by atoms with Gasteiger partial charge in [-0.25, -0.2) is 4.98 Å². The number of carbonyl (C=O) groups excluding carboxylic acids is 1. The number of fused-ring (bicyclic) bond motifs is 1. The molecule has 0 saturated carbocycles. The van der Waals surface area contributed by atoms with E-state index in [0.717, 1.165) is 29.7 Å². The summed E-state index contributed by atoms with van der Waals surface area (Å²) in [4.78, 5) is 16.4. The third kappa shape index (κ3) is 4.37. The van der Waals surface area contributed by atoms with Crippen LogP contribution in [0.15, 0.2) is 54.6 Å². The minimum Gasteiger partial charge on any atom is -0.350 e. The number of hydrogen-bond acceptors (Lipinski definition) is 4. The number of benzene rings is 2. The predicted octanol–water partition coefficient (Wildman–Crippen LogP) is 3.21. The SMILES string of the molecule is O=C(NCCCNCc1ccccc1)c1nc2ccccc2s1. The largest absolute Gasteiger partial charge is 0.350 e. The summed E-state index contributed by atoms with van der Waals surface area (Å²) in [5.74, 6) is -0.0886. The second kappa shape index (κ2) is 7.85. The average molecular weight is 325 g/mol. The van der Waals surface area contributed by atoms with Crippen LogP contribution >= 0.6 is 11.3 Å². The number of thiazole rings is 1. The van der Waals surface area contributed by atoms with Crippen LogP contribution in [0.5, 0.6) is 0 Å². The number of hydrogen-bond donors (Lipinski definition) is 2. The van der Waals surface area contributed by atoms with Gasteiger partial charge in [-0.15, -0.1) is 11.3 Å². The maximum absolute atomic E-state index is 12.1. The van der Waals surface area contributed by atoms with Gasteiger partial charge in [0.2, 0.25) is 0 Å². The fourth-order valence-corrected chi connectivity index (χ4v) is 3.17. The molecule has 118 valence electrons. The molecule has 5 heteroatoms. The summed E-state index contributed by atoms with van der Waals surface area (Å²) in [7, 11) is 0. The zero-order valence-electron chi connectivity index (χ0n) is 12.8. The molecule has 0 saturated heterocycles. The lowest BCUT2D eigenvalue weighted by Gasteiger charge is -2.05. The van der Waals surface area contributed by atoms with Crippen LogP contribution in [0, 0.1) is 0 Å². The Bertz CT molecular complexity index is 737. The molecule has 0 aliphatic heterocycles. The Balaban J connectivity index is 1.38. The number of rotatable bonds is 7. The van der Waals surface area contributed by atoms with Gasteiger partial charge in [0.1, 0.15) is 0 Å². The Morgan fingerprint density at radius 3 is 2.61 bits per heavy atom. The molecule has 0 radical (unpaired) electrons. The Morgan fingerprint density at radius 2 is 1.78 bits per heavy atom. The molecule has 0 aliphatic rings. The molecule has 0 unspecified atom stereocenters. The first-order valence-corrected chi connectivity index (χ1v) is 8.53. The van der Waals surface area contributed by atoms with Crippen LogP contribution in [0.1, 0.15) is 21.8 Å². The fraction of sp³-hybridized carbons (Fsp3) is 0.222. The summed E-state index contributed by atoms with van der Waals surface area (Å²) in [5, 5.41) is 6.83. The second-order valence-electron chi connectivity index (χ2n) is 5.26. The second-order valence-corrected chi connectivity index (χ2v) is 6.29. The lowest BCUT2D eigenvalue weighted by atomic mass is 10.2. The van der Waals surface area contributed by atoms with Gasteiger partial charge in [-0.2, -0.15) is 0 Å². The molecule has 2 N–H and O–H groups in total. The quantitative estimate of drug-likeness (QED) is 0.656. The van der Waals surface area contributed by atoms with E-state index in [1.807, 2.05) is 42.5 Å². The normalized spacial score (nSPS) is 10.8. The molecule has 4 nitrogen and oxygen atoms in total. The van der Waals surface area contributed by atoms with Crippen molar-refractivity contribution in [3.8, 4) is 0 Å². The van der Waals surface area contributed by atoms with Gasteiger partial charge in [-0.1, -0.05) is 42.5 Å². The summed E-state index contributed by atoms with van der Waals surface area (Å²) in [6, 6.07) is 18.1. The highest BCUT2D eigenvalue weighted by atomic mass is 32.1. The highest BCUT2D eigenvalue weighted by molar-refractivity contribution is 7.20. The first-order valence-electron chi connectivity index (χ1n) is 7.71. The molecule has 0 aliphatic carbocycles. The van der Waals surface area contributed by atoms with Gasteiger partial charge < -0.3 is 10.6 Å². The summed E-state index contributed by atoms with van der Waals surface area (Å²) >= 11 is 1.43. The maximum Gasteiger partial charge on any atom is 0.280 e. The summed E-state index contributed by atoms with van der Waals surface area (Å²) in [5.41, 5.74) is 2.15. The van der Waals surface area contributed by atoms with Crippen molar-refractivity contribution in [2.75, 3.05) is 13.1 Å². The molecule has 0 spiro atoms. The molecule has 1 amide bonds. The van der Waals surface area contributed by atoms with E-state index < -0.39 is 0 Å². The smallest absolute Gasteiger partial charge is 0.280 e. The molecule has 3 aromatic rings. The van der Waals surface area contributed by atoms with E-state index in [1.165, 1.54) is 16.9 Å². The molecule has 0 bridgehead atoms. The topological polar surface area (TPSA) is 54.0 Å². The highest BCUT2D eigenvalue weighted by Crippen LogP contribution is 2.21. The van der Waals surface area contributed by atoms with Crippen molar-refractivity contribution in [3.05, 3.63) is 65.2 Å². The molecular weight excluding hydrogens is 306 g/mol. The Hall–Kier alpha value is -2.24. The summed E-state index contributed by atoms with van der Waals surface area (Å²) in [6.07, 6.45) is 0.892. The predicted molar refractivity (Wildman–Crippen MR) is 94.7 cm³/mol. The van der Waals surface area contributed by atoms with Crippen LogP contribution < -0.4 is 10.6 Å². The van der Waals surface area contributed by atoms with Crippen molar-refractivity contribution >= 4 is 27.5 Å². The molecule has 3 rings (SSSR count). The van der Waals surface area contributed by atoms with E-state index in [0.29, 0.717) is 11.6 Å². The van der Waals surface area contributed by atoms with Crippen LogP contribution in [0.2, 0.25) is 0 Å². The average Bonchev–Trinajstić information content (AvgIpc) is 3.03. The van der Waals surface area contributed by atoms with Crippen LogP contribution in [-0.2, 0) is 6.54 Å². The van der Waals surface area contributed by atoms with E-state index in [1.54, 1.807) is 0 Å². The van der Waals surface area contributed by atoms with Crippen molar-refractivity contribution < 1.29 is 4.79 Å². The first-order chi connectivity index (χ1) is 11.3. The van der Waals surface area contributed by atoms with Crippen molar-refractivity contribution in [2.45, 2.75) is 13.0 Å². The van der Waals surface area contributed by atoms with Crippen molar-refractivity contribution in [1.82, 2.24) is 15.6 Å². The minimum atomic E-state index is -0.0886. The summed E-state index contributed by atoms with van der Waals surface area (Å²) in [6.45, 7) is 2.37. The van der Waals surface area contributed by atoms with Gasteiger partial charge in [-0.05, 0) is 30.7 Å². The Kier molecular flexibility index (Phi) is 5.34. The van der Waals surface area contributed by atoms with Crippen LogP contribution in [0.3, 0.4) is 0 Å². The third-order valence-electron chi connectivity index (χ3n) is 3.48. The number of amides is 1. The zero-order valence-corrected chi connectivity index (χ0v) is 13.6. The molecule has 1 heterocycles. The highest BCUT2D eigenvalue weighted by Gasteiger charge is 2.10. The van der Waals surface area contributed by atoms with Gasteiger partial charge in [0.15, 0.2) is 5.01 Å².